The summed E-state index contributed by atoms with van der Waals surface area (Å²) in [6, 6.07) is 4.21. The number of pyridine rings is 1. The van der Waals surface area contributed by atoms with E-state index in [1.807, 2.05) is 24.5 Å². The van der Waals surface area contributed by atoms with Crippen LogP contribution in [-0.2, 0) is 13.6 Å². The first-order valence-corrected chi connectivity index (χ1v) is 12.2. The summed E-state index contributed by atoms with van der Waals surface area (Å²) < 4.78 is 8.75. The predicted molar refractivity (Wildman–Crippen MR) is 133 cm³/mol. The van der Waals surface area contributed by atoms with Crippen molar-refractivity contribution in [1.29, 1.82) is 0 Å². The quantitative estimate of drug-likeness (QED) is 0.540. The number of nitrogens with zero attached hydrogens (tertiary/aromatic N) is 4. The highest BCUT2D eigenvalue weighted by molar-refractivity contribution is 5.72. The normalized spacial score (nSPS) is 21.8. The third-order valence-corrected chi connectivity index (χ3v) is 7.37. The lowest BCUT2D eigenvalue weighted by molar-refractivity contribution is 0.0609. The maximum Gasteiger partial charge on any atom is 0.330 e. The van der Waals surface area contributed by atoms with E-state index in [-0.39, 0.29) is 28.5 Å². The van der Waals surface area contributed by atoms with E-state index in [0.717, 1.165) is 36.1 Å². The van der Waals surface area contributed by atoms with E-state index in [9.17, 15) is 9.90 Å². The molecule has 0 radical (unpaired) electrons. The smallest absolute Gasteiger partial charge is 0.330 e. The van der Waals surface area contributed by atoms with Gasteiger partial charge in [0.15, 0.2) is 5.65 Å². The number of hydrogen-bond acceptors (Lipinski definition) is 6. The molecule has 0 aromatic carbocycles. The molecule has 3 heterocycles. The van der Waals surface area contributed by atoms with Crippen LogP contribution in [0, 0.1) is 24.7 Å². The molecule has 0 saturated heterocycles. The van der Waals surface area contributed by atoms with Crippen LogP contribution in [0.5, 0.6) is 0 Å². The maximum atomic E-state index is 12.9. The van der Waals surface area contributed by atoms with E-state index in [4.69, 9.17) is 9.51 Å². The van der Waals surface area contributed by atoms with Crippen molar-refractivity contribution in [2.75, 3.05) is 0 Å². The molecule has 8 nitrogen and oxygen atoms in total. The van der Waals surface area contributed by atoms with Gasteiger partial charge in [-0.1, -0.05) is 39.8 Å². The van der Waals surface area contributed by atoms with Gasteiger partial charge in [0.1, 0.15) is 12.0 Å². The minimum absolute atomic E-state index is 0.00727. The minimum atomic E-state index is -0.836. The Hall–Kier alpha value is -2.45. The SMILES string of the molecule is Cc1noc(C)c1C(O)NC1CC(c2ccc3c(n2)n(C)c(=O)n3CC(C)(C)C)CCC1(C)C. The molecule has 1 aliphatic carbocycles. The summed E-state index contributed by atoms with van der Waals surface area (Å²) in [5, 5.41) is 18.4. The average Bonchev–Trinajstić information content (AvgIpc) is 3.19. The lowest BCUT2D eigenvalue weighted by atomic mass is 9.68. The Bertz CT molecular complexity index is 1220. The van der Waals surface area contributed by atoms with Gasteiger partial charge >= 0.3 is 5.69 Å². The summed E-state index contributed by atoms with van der Waals surface area (Å²) in [4.78, 5) is 17.9. The van der Waals surface area contributed by atoms with Crippen molar-refractivity contribution in [3.8, 4) is 0 Å². The molecule has 4 rings (SSSR count). The zero-order valence-electron chi connectivity index (χ0n) is 21.8. The molecule has 0 amide bonds. The van der Waals surface area contributed by atoms with Gasteiger partial charge in [0.2, 0.25) is 0 Å². The molecule has 34 heavy (non-hydrogen) atoms. The molecule has 3 atom stereocenters. The van der Waals surface area contributed by atoms with Crippen molar-refractivity contribution < 1.29 is 9.63 Å². The lowest BCUT2D eigenvalue weighted by Crippen LogP contribution is -2.47. The van der Waals surface area contributed by atoms with Gasteiger partial charge in [-0.05, 0) is 56.1 Å². The number of imidazole rings is 1. The Labute approximate surface area is 201 Å². The summed E-state index contributed by atoms with van der Waals surface area (Å²) in [5.74, 6) is 0.878. The van der Waals surface area contributed by atoms with E-state index in [0.29, 0.717) is 23.6 Å². The molecular weight excluding hydrogens is 430 g/mol. The van der Waals surface area contributed by atoms with Crippen molar-refractivity contribution in [2.24, 2.45) is 17.9 Å². The Balaban J connectivity index is 1.61. The average molecular weight is 470 g/mol. The van der Waals surface area contributed by atoms with Crippen LogP contribution in [0.25, 0.3) is 11.2 Å². The standard InChI is InChI=1S/C26H39N5O3/c1-15-21(16(2)34-29-15)23(32)28-20-13-17(11-12-26(20,6)7)18-9-10-19-22(27-18)30(8)24(33)31(19)14-25(3,4)5/h9-10,17,20,23,28,32H,11-14H2,1-8H3. The van der Waals surface area contributed by atoms with E-state index < -0.39 is 6.23 Å². The zero-order chi connectivity index (χ0) is 25.0. The van der Waals surface area contributed by atoms with Gasteiger partial charge in [-0.15, -0.1) is 0 Å². The fraction of sp³-hybridized carbons (Fsp3) is 0.654. The summed E-state index contributed by atoms with van der Waals surface area (Å²) in [6.07, 6.45) is 2.04. The maximum absolute atomic E-state index is 12.9. The first kappa shape index (κ1) is 24.7. The first-order valence-electron chi connectivity index (χ1n) is 12.2. The van der Waals surface area contributed by atoms with Crippen LogP contribution in [0.4, 0.5) is 0 Å². The number of aryl methyl sites for hydroxylation is 3. The highest BCUT2D eigenvalue weighted by atomic mass is 16.5. The molecule has 8 heteroatoms. The Morgan fingerprint density at radius 2 is 2.00 bits per heavy atom. The number of nitrogens with one attached hydrogen (secondary N) is 1. The Kier molecular flexibility index (Phi) is 6.27. The predicted octanol–water partition coefficient (Wildman–Crippen LogP) is 4.33. The third-order valence-electron chi connectivity index (χ3n) is 7.37. The number of fused-ring (bicyclic) bond motifs is 1. The number of hydrogen-bond donors (Lipinski definition) is 2. The van der Waals surface area contributed by atoms with Crippen LogP contribution in [0.2, 0.25) is 0 Å². The van der Waals surface area contributed by atoms with Crippen molar-refractivity contribution in [3.63, 3.8) is 0 Å². The largest absolute Gasteiger partial charge is 0.374 e. The van der Waals surface area contributed by atoms with Gasteiger partial charge in [-0.25, -0.2) is 9.78 Å². The molecule has 3 unspecified atom stereocenters. The number of aliphatic hydroxyl groups excluding tert-OH is 1. The number of aliphatic hydroxyl groups is 1. The van der Waals surface area contributed by atoms with Crippen molar-refractivity contribution in [3.05, 3.63) is 45.3 Å². The fourth-order valence-electron chi connectivity index (χ4n) is 5.30. The molecule has 1 fully saturated rings. The molecule has 1 saturated carbocycles. The van der Waals surface area contributed by atoms with E-state index in [1.165, 1.54) is 0 Å². The second kappa shape index (κ2) is 8.64. The molecule has 0 aliphatic heterocycles. The van der Waals surface area contributed by atoms with Crippen LogP contribution in [0.15, 0.2) is 21.5 Å². The Morgan fingerprint density at radius 3 is 2.62 bits per heavy atom. The fourth-order valence-corrected chi connectivity index (χ4v) is 5.30. The Morgan fingerprint density at radius 1 is 1.29 bits per heavy atom. The molecule has 3 aromatic rings. The molecule has 0 spiro atoms. The van der Waals surface area contributed by atoms with E-state index >= 15 is 0 Å². The van der Waals surface area contributed by atoms with Crippen molar-refractivity contribution >= 4 is 11.2 Å². The van der Waals surface area contributed by atoms with Gasteiger partial charge in [-0.3, -0.25) is 14.5 Å². The summed E-state index contributed by atoms with van der Waals surface area (Å²) in [7, 11) is 1.80. The lowest BCUT2D eigenvalue weighted by Gasteiger charge is -2.43. The topological polar surface area (TPSA) is 98.1 Å². The molecule has 1 aliphatic rings. The summed E-state index contributed by atoms with van der Waals surface area (Å²) in [6.45, 7) is 15.2. The van der Waals surface area contributed by atoms with Crippen LogP contribution >= 0.6 is 0 Å². The van der Waals surface area contributed by atoms with Crippen LogP contribution in [0.1, 0.15) is 88.7 Å². The van der Waals surface area contributed by atoms with Crippen LogP contribution < -0.4 is 11.0 Å². The second-order valence-corrected chi connectivity index (χ2v) is 11.9. The molecular formula is C26H39N5O3. The summed E-state index contributed by atoms with van der Waals surface area (Å²) >= 11 is 0. The minimum Gasteiger partial charge on any atom is -0.374 e. The van der Waals surface area contributed by atoms with Gasteiger partial charge in [-0.2, -0.15) is 0 Å². The van der Waals surface area contributed by atoms with Gasteiger partial charge in [0, 0.05) is 31.2 Å². The third kappa shape index (κ3) is 4.58. The zero-order valence-corrected chi connectivity index (χ0v) is 21.8. The van der Waals surface area contributed by atoms with Crippen LogP contribution in [0.3, 0.4) is 0 Å². The van der Waals surface area contributed by atoms with Gasteiger partial charge < -0.3 is 9.63 Å². The van der Waals surface area contributed by atoms with Crippen molar-refractivity contribution in [1.82, 2.24) is 24.6 Å². The van der Waals surface area contributed by atoms with Crippen LogP contribution in [-0.4, -0.2) is 30.4 Å². The van der Waals surface area contributed by atoms with Gasteiger partial charge in [0.05, 0.1) is 16.8 Å². The first-order chi connectivity index (χ1) is 15.8. The highest BCUT2D eigenvalue weighted by Gasteiger charge is 2.39. The monoisotopic (exact) mass is 469 g/mol. The van der Waals surface area contributed by atoms with E-state index in [2.05, 4.69) is 51.2 Å². The number of rotatable bonds is 5. The van der Waals surface area contributed by atoms with Crippen molar-refractivity contribution in [2.45, 2.75) is 92.5 Å². The number of aromatic nitrogens is 4. The molecule has 2 N–H and O–H groups in total. The molecule has 0 bridgehead atoms. The molecule has 186 valence electrons. The van der Waals surface area contributed by atoms with Gasteiger partial charge in [0.25, 0.3) is 0 Å². The van der Waals surface area contributed by atoms with E-state index in [1.54, 1.807) is 11.6 Å². The second-order valence-electron chi connectivity index (χ2n) is 11.9. The highest BCUT2D eigenvalue weighted by Crippen LogP contribution is 2.43. The molecule has 3 aromatic heterocycles. The summed E-state index contributed by atoms with van der Waals surface area (Å²) in [5.41, 5.74) is 4.02.